The maximum atomic E-state index is 5.52. The maximum Gasteiger partial charge on any atom is 0.191 e. The van der Waals surface area contributed by atoms with Gasteiger partial charge in [-0.05, 0) is 37.0 Å². The Kier molecular flexibility index (Phi) is 13.1. The van der Waals surface area contributed by atoms with Crippen molar-refractivity contribution in [3.63, 3.8) is 0 Å². The lowest BCUT2D eigenvalue weighted by Gasteiger charge is -2.35. The first-order chi connectivity index (χ1) is 14.1. The summed E-state index contributed by atoms with van der Waals surface area (Å²) in [5, 5.41) is 6.90. The van der Waals surface area contributed by atoms with Crippen LogP contribution in [-0.4, -0.2) is 70.5 Å². The third-order valence-corrected chi connectivity index (χ3v) is 5.02. The second-order valence-corrected chi connectivity index (χ2v) is 7.70. The predicted octanol–water partition coefficient (Wildman–Crippen LogP) is 3.12. The van der Waals surface area contributed by atoms with Gasteiger partial charge in [-0.2, -0.15) is 0 Å². The Labute approximate surface area is 199 Å². The van der Waals surface area contributed by atoms with Gasteiger partial charge >= 0.3 is 0 Å². The minimum atomic E-state index is 0. The fourth-order valence-electron chi connectivity index (χ4n) is 3.55. The highest BCUT2D eigenvalue weighted by molar-refractivity contribution is 14.0. The van der Waals surface area contributed by atoms with Gasteiger partial charge in [0.2, 0.25) is 0 Å². The van der Waals surface area contributed by atoms with Gasteiger partial charge in [0.15, 0.2) is 17.5 Å². The van der Waals surface area contributed by atoms with Crippen LogP contribution in [-0.2, 0) is 11.3 Å². The highest BCUT2D eigenvalue weighted by atomic mass is 127. The molecular formula is C22H39IN4O3. The van der Waals surface area contributed by atoms with Gasteiger partial charge in [-0.3, -0.25) is 4.90 Å². The van der Waals surface area contributed by atoms with E-state index in [9.17, 15) is 0 Å². The summed E-state index contributed by atoms with van der Waals surface area (Å²) in [5.74, 6) is 2.94. The van der Waals surface area contributed by atoms with Crippen molar-refractivity contribution in [2.45, 2.75) is 39.8 Å². The largest absolute Gasteiger partial charge is 0.493 e. The zero-order chi connectivity index (χ0) is 21.1. The van der Waals surface area contributed by atoms with Crippen LogP contribution in [0.5, 0.6) is 11.5 Å². The first kappa shape index (κ1) is 26.8. The average molecular weight is 534 g/mol. The molecule has 0 radical (unpaired) electrons. The highest BCUT2D eigenvalue weighted by Gasteiger charge is 2.22. The molecule has 172 valence electrons. The Morgan fingerprint density at radius 1 is 1.13 bits per heavy atom. The van der Waals surface area contributed by atoms with Crippen molar-refractivity contribution in [2.75, 3.05) is 53.6 Å². The lowest BCUT2D eigenvalue weighted by atomic mass is 10.0. The molecule has 1 atom stereocenters. The number of halogens is 1. The maximum absolute atomic E-state index is 5.52. The number of ether oxygens (including phenoxy) is 3. The molecule has 1 aliphatic heterocycles. The normalized spacial score (nSPS) is 16.0. The number of nitrogens with one attached hydrogen (secondary N) is 2. The quantitative estimate of drug-likeness (QED) is 0.273. The van der Waals surface area contributed by atoms with Crippen molar-refractivity contribution in [3.8, 4) is 11.5 Å². The van der Waals surface area contributed by atoms with Gasteiger partial charge in [0.25, 0.3) is 0 Å². The third-order valence-electron chi connectivity index (χ3n) is 5.02. The Balaban J connectivity index is 0.00000450. The molecule has 0 saturated carbocycles. The molecule has 0 bridgehead atoms. The summed E-state index contributed by atoms with van der Waals surface area (Å²) in [4.78, 5) is 7.30. The predicted molar refractivity (Wildman–Crippen MR) is 133 cm³/mol. The summed E-state index contributed by atoms with van der Waals surface area (Å²) < 4.78 is 16.2. The number of morpholine rings is 1. The van der Waals surface area contributed by atoms with Gasteiger partial charge in [0.1, 0.15) is 0 Å². The van der Waals surface area contributed by atoms with Crippen molar-refractivity contribution in [1.29, 1.82) is 0 Å². The van der Waals surface area contributed by atoms with Crippen LogP contribution < -0.4 is 20.1 Å². The van der Waals surface area contributed by atoms with E-state index in [1.54, 1.807) is 14.2 Å². The molecule has 0 aromatic heterocycles. The van der Waals surface area contributed by atoms with Crippen LogP contribution in [0.25, 0.3) is 0 Å². The molecule has 2 N–H and O–H groups in total. The molecule has 0 spiro atoms. The Morgan fingerprint density at radius 2 is 1.83 bits per heavy atom. The van der Waals surface area contributed by atoms with Crippen LogP contribution >= 0.6 is 24.0 Å². The second kappa shape index (κ2) is 14.7. The van der Waals surface area contributed by atoms with E-state index in [1.807, 2.05) is 18.2 Å². The smallest absolute Gasteiger partial charge is 0.191 e. The molecule has 1 aromatic carbocycles. The first-order valence-corrected chi connectivity index (χ1v) is 10.6. The van der Waals surface area contributed by atoms with Gasteiger partial charge in [-0.15, -0.1) is 24.0 Å². The van der Waals surface area contributed by atoms with Crippen LogP contribution in [0.15, 0.2) is 23.2 Å². The monoisotopic (exact) mass is 534 g/mol. The Bertz CT molecular complexity index is 637. The van der Waals surface area contributed by atoms with E-state index in [0.29, 0.717) is 18.5 Å². The zero-order valence-corrected chi connectivity index (χ0v) is 21.4. The molecule has 0 aliphatic carbocycles. The zero-order valence-electron chi connectivity index (χ0n) is 19.1. The molecule has 2 rings (SSSR count). The van der Waals surface area contributed by atoms with Gasteiger partial charge in [-0.1, -0.05) is 19.9 Å². The molecule has 8 heteroatoms. The molecule has 1 unspecified atom stereocenters. The summed E-state index contributed by atoms with van der Waals surface area (Å²) in [5.41, 5.74) is 1.08. The van der Waals surface area contributed by atoms with Gasteiger partial charge in [0, 0.05) is 32.2 Å². The second-order valence-electron chi connectivity index (χ2n) is 7.70. The van der Waals surface area contributed by atoms with Crippen molar-refractivity contribution in [2.24, 2.45) is 10.9 Å². The van der Waals surface area contributed by atoms with Crippen LogP contribution in [0.1, 0.15) is 32.8 Å². The first-order valence-electron chi connectivity index (χ1n) is 10.6. The van der Waals surface area contributed by atoms with E-state index in [-0.39, 0.29) is 24.0 Å². The average Bonchev–Trinajstić information content (AvgIpc) is 2.74. The Hall–Kier alpha value is -1.26. The number of guanidine groups is 1. The Morgan fingerprint density at radius 3 is 2.43 bits per heavy atom. The summed E-state index contributed by atoms with van der Waals surface area (Å²) in [6.07, 6.45) is 1.15. The van der Waals surface area contributed by atoms with E-state index in [2.05, 4.69) is 36.3 Å². The number of hydrogen-bond acceptors (Lipinski definition) is 5. The van der Waals surface area contributed by atoms with E-state index in [1.165, 1.54) is 0 Å². The summed E-state index contributed by atoms with van der Waals surface area (Å²) in [7, 11) is 3.29. The van der Waals surface area contributed by atoms with Gasteiger partial charge < -0.3 is 24.8 Å². The van der Waals surface area contributed by atoms with E-state index in [4.69, 9.17) is 19.2 Å². The minimum Gasteiger partial charge on any atom is -0.493 e. The summed E-state index contributed by atoms with van der Waals surface area (Å²) in [6, 6.07) is 6.38. The van der Waals surface area contributed by atoms with Gasteiger partial charge in [-0.25, -0.2) is 4.99 Å². The van der Waals surface area contributed by atoms with Crippen LogP contribution in [0, 0.1) is 5.92 Å². The van der Waals surface area contributed by atoms with Crippen molar-refractivity contribution < 1.29 is 14.2 Å². The standard InChI is InChI=1S/C22H38N4O3.HI/c1-6-23-22(24-15-18-7-8-20(27-4)21(14-18)28-5)25-16-19(13-17(2)3)26-9-11-29-12-10-26;/h7-8,14,17,19H,6,9-13,15-16H2,1-5H3,(H2,23,24,25);1H. The number of rotatable bonds is 10. The lowest BCUT2D eigenvalue weighted by molar-refractivity contribution is 0.0132. The number of aliphatic imine (C=N–C) groups is 1. The highest BCUT2D eigenvalue weighted by Crippen LogP contribution is 2.27. The van der Waals surface area contributed by atoms with Crippen LogP contribution in [0.2, 0.25) is 0 Å². The minimum absolute atomic E-state index is 0. The molecule has 1 fully saturated rings. The molecule has 1 heterocycles. The number of benzene rings is 1. The van der Waals surface area contributed by atoms with Crippen LogP contribution in [0.3, 0.4) is 0 Å². The van der Waals surface area contributed by atoms with E-state index < -0.39 is 0 Å². The van der Waals surface area contributed by atoms with Crippen molar-refractivity contribution in [1.82, 2.24) is 15.5 Å². The van der Waals surface area contributed by atoms with E-state index in [0.717, 1.165) is 68.8 Å². The summed E-state index contributed by atoms with van der Waals surface area (Å²) in [6.45, 7) is 12.6. The number of hydrogen-bond donors (Lipinski definition) is 2. The molecule has 0 amide bonds. The molecular weight excluding hydrogens is 495 g/mol. The number of nitrogens with zero attached hydrogens (tertiary/aromatic N) is 2. The third kappa shape index (κ3) is 8.85. The topological polar surface area (TPSA) is 67.4 Å². The van der Waals surface area contributed by atoms with Crippen molar-refractivity contribution in [3.05, 3.63) is 23.8 Å². The molecule has 1 aromatic rings. The fraction of sp³-hybridized carbons (Fsp3) is 0.682. The molecule has 1 aliphatic rings. The van der Waals surface area contributed by atoms with Crippen LogP contribution in [0.4, 0.5) is 0 Å². The van der Waals surface area contributed by atoms with Gasteiger partial charge in [0.05, 0.1) is 34.0 Å². The summed E-state index contributed by atoms with van der Waals surface area (Å²) >= 11 is 0. The van der Waals surface area contributed by atoms with Crippen molar-refractivity contribution >= 4 is 29.9 Å². The SMILES string of the molecule is CCNC(=NCc1ccc(OC)c(OC)c1)NCC(CC(C)C)N1CCOCC1.I. The number of methoxy groups -OCH3 is 2. The molecule has 30 heavy (non-hydrogen) atoms. The fourth-order valence-corrected chi connectivity index (χ4v) is 3.55. The lowest BCUT2D eigenvalue weighted by Crippen LogP contribution is -2.51. The molecule has 1 saturated heterocycles. The van der Waals surface area contributed by atoms with E-state index >= 15 is 0 Å². The molecule has 7 nitrogen and oxygen atoms in total.